The van der Waals surface area contributed by atoms with Crippen molar-refractivity contribution >= 4 is 11.9 Å². The van der Waals surface area contributed by atoms with Gasteiger partial charge < -0.3 is 10.2 Å². The summed E-state index contributed by atoms with van der Waals surface area (Å²) in [4.78, 5) is 41.7. The first-order valence-corrected chi connectivity index (χ1v) is 4.96. The van der Waals surface area contributed by atoms with E-state index in [4.69, 9.17) is 10.2 Å². The van der Waals surface area contributed by atoms with Crippen LogP contribution in [0, 0.1) is 20.2 Å². The molecular formula is C7H12N4O8. The Bertz CT molecular complexity index is 338. The van der Waals surface area contributed by atoms with E-state index < -0.39 is 54.6 Å². The van der Waals surface area contributed by atoms with Gasteiger partial charge in [0.25, 0.3) is 0 Å². The highest BCUT2D eigenvalue weighted by atomic mass is 16.7. The fourth-order valence-electron chi connectivity index (χ4n) is 1.05. The second kappa shape index (κ2) is 7.62. The average Bonchev–Trinajstić information content (AvgIpc) is 2.26. The molecule has 19 heavy (non-hydrogen) atoms. The molecule has 12 heteroatoms. The van der Waals surface area contributed by atoms with Crippen LogP contribution >= 0.6 is 0 Å². The number of nitrogens with zero attached hydrogens (tertiary/aromatic N) is 4. The third-order valence-electron chi connectivity index (χ3n) is 1.96. The highest BCUT2D eigenvalue weighted by Crippen LogP contribution is 1.99. The van der Waals surface area contributed by atoms with E-state index >= 15 is 0 Å². The number of hydrogen-bond donors (Lipinski definition) is 2. The number of rotatable bonds is 10. The molecule has 0 aromatic carbocycles. The van der Waals surface area contributed by atoms with Crippen molar-refractivity contribution in [3.05, 3.63) is 20.2 Å². The van der Waals surface area contributed by atoms with Gasteiger partial charge in [-0.15, -0.1) is 10.0 Å². The summed E-state index contributed by atoms with van der Waals surface area (Å²) in [6.45, 7) is -1.86. The minimum Gasteiger partial charge on any atom is -0.481 e. The Hall–Kier alpha value is -2.66. The topological polar surface area (TPSA) is 167 Å². The molecule has 2 N–H and O–H groups in total. The Morgan fingerprint density at radius 1 is 0.895 bits per heavy atom. The van der Waals surface area contributed by atoms with Crippen LogP contribution in [0.25, 0.3) is 0 Å². The third kappa shape index (κ3) is 7.30. The number of nitro groups is 2. The molecule has 0 unspecified atom stereocenters. The summed E-state index contributed by atoms with van der Waals surface area (Å²) in [5.41, 5.74) is 0. The van der Waals surface area contributed by atoms with Gasteiger partial charge in [-0.2, -0.15) is 0 Å². The minimum atomic E-state index is -1.29. The lowest BCUT2D eigenvalue weighted by Gasteiger charge is -2.18. The molecule has 0 atom stereocenters. The average molecular weight is 280 g/mol. The largest absolute Gasteiger partial charge is 0.481 e. The number of carboxylic acids is 2. The first-order valence-electron chi connectivity index (χ1n) is 4.96. The SMILES string of the molecule is O=C(O)CCN(CN(CCC(=O)O)[N+](=O)[O-])[N+](=O)[O-]. The molecule has 0 saturated carbocycles. The first kappa shape index (κ1) is 16.3. The summed E-state index contributed by atoms with van der Waals surface area (Å²) >= 11 is 0. The zero-order chi connectivity index (χ0) is 15.0. The van der Waals surface area contributed by atoms with Crippen molar-refractivity contribution in [3.8, 4) is 0 Å². The zero-order valence-electron chi connectivity index (χ0n) is 9.67. The normalized spacial score (nSPS) is 9.68. The third-order valence-corrected chi connectivity index (χ3v) is 1.96. The maximum Gasteiger partial charge on any atom is 0.305 e. The van der Waals surface area contributed by atoms with E-state index in [1.807, 2.05) is 0 Å². The number of carboxylic acid groups (broad SMARTS) is 2. The second-order valence-electron chi connectivity index (χ2n) is 3.36. The van der Waals surface area contributed by atoms with Crippen molar-refractivity contribution in [1.29, 1.82) is 0 Å². The van der Waals surface area contributed by atoms with Crippen molar-refractivity contribution in [1.82, 2.24) is 10.0 Å². The molecule has 0 amide bonds. The van der Waals surface area contributed by atoms with Crippen molar-refractivity contribution in [2.75, 3.05) is 19.8 Å². The molecule has 0 radical (unpaired) electrons. The predicted molar refractivity (Wildman–Crippen MR) is 56.8 cm³/mol. The van der Waals surface area contributed by atoms with E-state index in [0.29, 0.717) is 10.0 Å². The van der Waals surface area contributed by atoms with Crippen LogP contribution in [0.3, 0.4) is 0 Å². The lowest BCUT2D eigenvalue weighted by molar-refractivity contribution is -0.711. The maximum absolute atomic E-state index is 10.6. The smallest absolute Gasteiger partial charge is 0.305 e. The molecule has 0 aromatic heterocycles. The number of hydrazine groups is 2. The standard InChI is InChI=1S/C7H12N4O8/c12-6(13)1-3-8(10(16)17)5-9(11(18)19)4-2-7(14)15/h1-5H2,(H,12,13)(H,14,15). The van der Waals surface area contributed by atoms with Crippen LogP contribution < -0.4 is 0 Å². The van der Waals surface area contributed by atoms with Crippen LogP contribution in [0.2, 0.25) is 0 Å². The van der Waals surface area contributed by atoms with Crippen LogP contribution in [-0.2, 0) is 9.59 Å². The van der Waals surface area contributed by atoms with Gasteiger partial charge in [-0.25, -0.2) is 20.2 Å². The Kier molecular flexibility index (Phi) is 6.56. The van der Waals surface area contributed by atoms with E-state index in [1.54, 1.807) is 0 Å². The molecular weight excluding hydrogens is 268 g/mol. The Balaban J connectivity index is 4.56. The van der Waals surface area contributed by atoms with E-state index in [0.717, 1.165) is 0 Å². The van der Waals surface area contributed by atoms with Crippen LogP contribution in [-0.4, -0.2) is 62.0 Å². The van der Waals surface area contributed by atoms with Crippen molar-refractivity contribution < 1.29 is 29.9 Å². The summed E-state index contributed by atoms with van der Waals surface area (Å²) in [6, 6.07) is 0. The second-order valence-corrected chi connectivity index (χ2v) is 3.36. The maximum atomic E-state index is 10.6. The van der Waals surface area contributed by atoms with Gasteiger partial charge in [0.2, 0.25) is 6.67 Å². The number of aliphatic carboxylic acids is 2. The molecule has 0 aliphatic heterocycles. The van der Waals surface area contributed by atoms with Crippen molar-refractivity contribution in [3.63, 3.8) is 0 Å². The fraction of sp³-hybridized carbons (Fsp3) is 0.714. The highest BCUT2D eigenvalue weighted by Gasteiger charge is 2.25. The summed E-state index contributed by atoms with van der Waals surface area (Å²) in [5, 5.41) is 36.7. The quantitative estimate of drug-likeness (QED) is 0.284. The molecule has 0 rings (SSSR count). The molecule has 0 saturated heterocycles. The minimum absolute atomic E-state index is 0.332. The van der Waals surface area contributed by atoms with Crippen molar-refractivity contribution in [2.24, 2.45) is 0 Å². The van der Waals surface area contributed by atoms with Gasteiger partial charge >= 0.3 is 11.9 Å². The monoisotopic (exact) mass is 280 g/mol. The number of hydrogen-bond acceptors (Lipinski definition) is 6. The molecule has 12 nitrogen and oxygen atoms in total. The summed E-state index contributed by atoms with van der Waals surface area (Å²) in [5.74, 6) is -2.57. The molecule has 0 aliphatic carbocycles. The Morgan fingerprint density at radius 2 is 1.21 bits per heavy atom. The number of carbonyl (C=O) groups is 2. The molecule has 108 valence electrons. The molecule has 0 bridgehead atoms. The molecule has 0 spiro atoms. The van der Waals surface area contributed by atoms with E-state index in [1.165, 1.54) is 0 Å². The van der Waals surface area contributed by atoms with Gasteiger partial charge in [-0.3, -0.25) is 9.59 Å². The van der Waals surface area contributed by atoms with Crippen LogP contribution in [0.5, 0.6) is 0 Å². The van der Waals surface area contributed by atoms with E-state index in [9.17, 15) is 29.8 Å². The van der Waals surface area contributed by atoms with Gasteiger partial charge in [0.15, 0.2) is 10.1 Å². The van der Waals surface area contributed by atoms with Gasteiger partial charge in [-0.05, 0) is 0 Å². The molecule has 0 heterocycles. The van der Waals surface area contributed by atoms with Crippen LogP contribution in [0.1, 0.15) is 12.8 Å². The predicted octanol–water partition coefficient (Wildman–Crippen LogP) is -1.12. The van der Waals surface area contributed by atoms with Crippen LogP contribution in [0.15, 0.2) is 0 Å². The van der Waals surface area contributed by atoms with Crippen LogP contribution in [0.4, 0.5) is 0 Å². The summed E-state index contributed by atoms with van der Waals surface area (Å²) in [7, 11) is 0. The van der Waals surface area contributed by atoms with Gasteiger partial charge in [0.05, 0.1) is 25.9 Å². The molecule has 0 aliphatic rings. The van der Waals surface area contributed by atoms with E-state index in [-0.39, 0.29) is 0 Å². The van der Waals surface area contributed by atoms with E-state index in [2.05, 4.69) is 0 Å². The highest BCUT2D eigenvalue weighted by molar-refractivity contribution is 5.67. The van der Waals surface area contributed by atoms with Gasteiger partial charge in [0, 0.05) is 0 Å². The van der Waals surface area contributed by atoms with Gasteiger partial charge in [-0.1, -0.05) is 0 Å². The zero-order valence-corrected chi connectivity index (χ0v) is 9.67. The Labute approximate surface area is 106 Å². The van der Waals surface area contributed by atoms with Gasteiger partial charge in [0.1, 0.15) is 0 Å². The first-order chi connectivity index (χ1) is 8.73. The summed E-state index contributed by atoms with van der Waals surface area (Å²) < 4.78 is 0. The fourth-order valence-corrected chi connectivity index (χ4v) is 1.05. The molecule has 0 fully saturated rings. The molecule has 0 aromatic rings. The lowest BCUT2D eigenvalue weighted by atomic mass is 10.4. The summed E-state index contributed by atoms with van der Waals surface area (Å²) in [6.07, 6.45) is -1.13. The lowest BCUT2D eigenvalue weighted by Crippen LogP contribution is -2.45. The Morgan fingerprint density at radius 3 is 1.42 bits per heavy atom. The van der Waals surface area contributed by atoms with Crippen molar-refractivity contribution in [2.45, 2.75) is 12.8 Å².